The number of amides is 3. The maximum atomic E-state index is 12.5. The van der Waals surface area contributed by atoms with Gasteiger partial charge in [0, 0.05) is 0 Å². The highest BCUT2D eigenvalue weighted by Gasteiger charge is 2.22. The predicted octanol–water partition coefficient (Wildman–Crippen LogP) is 2.67. The molecule has 0 saturated carbocycles. The molecule has 0 radical (unpaired) electrons. The van der Waals surface area contributed by atoms with Gasteiger partial charge >= 0.3 is 12.0 Å². The lowest BCUT2D eigenvalue weighted by molar-refractivity contribution is -0.123. The summed E-state index contributed by atoms with van der Waals surface area (Å²) in [7, 11) is 1.44. The highest BCUT2D eigenvalue weighted by Crippen LogP contribution is 2.30. The van der Waals surface area contributed by atoms with Gasteiger partial charge in [-0.3, -0.25) is 10.1 Å². The fraction of sp³-hybridized carbons (Fsp3) is 0.208. The number of esters is 1. The molecular weight excluding hydrogens is 428 g/mol. The molecule has 33 heavy (non-hydrogen) atoms. The molecule has 1 atom stereocenters. The van der Waals surface area contributed by atoms with E-state index in [1.165, 1.54) is 7.11 Å². The van der Waals surface area contributed by atoms with E-state index in [9.17, 15) is 14.4 Å². The Labute approximate surface area is 189 Å². The molecule has 1 aliphatic heterocycles. The van der Waals surface area contributed by atoms with Crippen LogP contribution >= 0.6 is 0 Å². The molecule has 2 N–H and O–H groups in total. The highest BCUT2D eigenvalue weighted by atomic mass is 16.6. The van der Waals surface area contributed by atoms with Gasteiger partial charge in [0.15, 0.2) is 24.2 Å². The van der Waals surface area contributed by atoms with Crippen LogP contribution in [0.25, 0.3) is 10.8 Å². The fourth-order valence-corrected chi connectivity index (χ4v) is 3.33. The molecule has 1 heterocycles. The first-order valence-electron chi connectivity index (χ1n) is 10.2. The zero-order chi connectivity index (χ0) is 23.2. The molecule has 3 amide bonds. The van der Waals surface area contributed by atoms with Crippen LogP contribution in [0.3, 0.4) is 0 Å². The smallest absolute Gasteiger partial charge is 0.342 e. The Morgan fingerprint density at radius 3 is 2.45 bits per heavy atom. The minimum Gasteiger partial charge on any atom is -0.496 e. The van der Waals surface area contributed by atoms with Crippen LogP contribution < -0.4 is 24.8 Å². The molecule has 3 aromatic carbocycles. The van der Waals surface area contributed by atoms with E-state index in [0.29, 0.717) is 17.2 Å². The summed E-state index contributed by atoms with van der Waals surface area (Å²) in [5.41, 5.74) is 0.184. The first kappa shape index (κ1) is 21.9. The Kier molecular flexibility index (Phi) is 6.58. The normalized spacial score (nSPS) is 14.3. The molecule has 0 saturated heterocycles. The molecule has 0 fully saturated rings. The summed E-state index contributed by atoms with van der Waals surface area (Å²) >= 11 is 0. The molecule has 3 aromatic rings. The minimum absolute atomic E-state index is 0.127. The van der Waals surface area contributed by atoms with Gasteiger partial charge in [-0.1, -0.05) is 36.4 Å². The molecule has 9 nitrogen and oxygen atoms in total. The van der Waals surface area contributed by atoms with Crippen LogP contribution in [-0.4, -0.2) is 50.9 Å². The first-order valence-corrected chi connectivity index (χ1v) is 10.2. The van der Waals surface area contributed by atoms with E-state index in [2.05, 4.69) is 10.6 Å². The van der Waals surface area contributed by atoms with E-state index >= 15 is 0 Å². The van der Waals surface area contributed by atoms with Crippen molar-refractivity contribution in [1.29, 1.82) is 0 Å². The molecule has 0 aliphatic carbocycles. The number of hydrogen-bond acceptors (Lipinski definition) is 7. The molecule has 0 bridgehead atoms. The van der Waals surface area contributed by atoms with Gasteiger partial charge in [-0.2, -0.15) is 0 Å². The third-order valence-corrected chi connectivity index (χ3v) is 4.93. The average Bonchev–Trinajstić information content (AvgIpc) is 2.85. The van der Waals surface area contributed by atoms with E-state index in [4.69, 9.17) is 18.9 Å². The number of carbonyl (C=O) groups excluding carboxylic acids is 3. The van der Waals surface area contributed by atoms with Gasteiger partial charge in [-0.05, 0) is 35.0 Å². The Hall–Kier alpha value is -4.27. The summed E-state index contributed by atoms with van der Waals surface area (Å²) in [6.45, 7) is -0.239. The summed E-state index contributed by atoms with van der Waals surface area (Å²) < 4.78 is 21.6. The molecule has 0 aromatic heterocycles. The van der Waals surface area contributed by atoms with Crippen LogP contribution in [0.4, 0.5) is 4.79 Å². The van der Waals surface area contributed by atoms with Crippen LogP contribution in [0.15, 0.2) is 60.7 Å². The number of benzene rings is 3. The van der Waals surface area contributed by atoms with E-state index in [-0.39, 0.29) is 18.7 Å². The maximum Gasteiger partial charge on any atom is 0.342 e. The summed E-state index contributed by atoms with van der Waals surface area (Å²) in [5.74, 6) is 0.0424. The standard InChI is InChI=1S/C24H22N2O7/c1-30-21-11-16-7-3-2-6-15(16)10-18(21)23(28)32-14-22(27)26-24(29)25-12-17-13-31-19-8-4-5-9-20(19)33-17/h2-11,17H,12-14H2,1H3,(H2,25,26,27,29). The molecule has 0 spiro atoms. The van der Waals surface area contributed by atoms with Crippen molar-refractivity contribution in [1.82, 2.24) is 10.6 Å². The van der Waals surface area contributed by atoms with Gasteiger partial charge < -0.3 is 24.3 Å². The summed E-state index contributed by atoms with van der Waals surface area (Å²) in [4.78, 5) is 36.5. The quantitative estimate of drug-likeness (QED) is 0.555. The molecule has 1 aliphatic rings. The molecule has 170 valence electrons. The second-order valence-electron chi connectivity index (χ2n) is 7.23. The first-order chi connectivity index (χ1) is 16.0. The topological polar surface area (TPSA) is 112 Å². The number of imide groups is 1. The van der Waals surface area contributed by atoms with E-state index in [1.54, 1.807) is 24.3 Å². The second kappa shape index (κ2) is 9.90. The second-order valence-corrected chi connectivity index (χ2v) is 7.23. The van der Waals surface area contributed by atoms with Crippen LogP contribution in [0.5, 0.6) is 17.2 Å². The van der Waals surface area contributed by atoms with E-state index in [0.717, 1.165) is 10.8 Å². The zero-order valence-corrected chi connectivity index (χ0v) is 17.8. The summed E-state index contributed by atoms with van der Waals surface area (Å²) in [6, 6.07) is 17.3. The van der Waals surface area contributed by atoms with Crippen molar-refractivity contribution in [2.45, 2.75) is 6.10 Å². The number of hydrogen-bond donors (Lipinski definition) is 2. The molecule has 4 rings (SSSR count). The predicted molar refractivity (Wildman–Crippen MR) is 119 cm³/mol. The Morgan fingerprint density at radius 1 is 1.00 bits per heavy atom. The van der Waals surface area contributed by atoms with Gasteiger partial charge in [0.1, 0.15) is 17.9 Å². The lowest BCUT2D eigenvalue weighted by Crippen LogP contribution is -2.46. The maximum absolute atomic E-state index is 12.5. The highest BCUT2D eigenvalue weighted by molar-refractivity contribution is 6.00. The Balaban J connectivity index is 1.25. The van der Waals surface area contributed by atoms with E-state index < -0.39 is 30.6 Å². The summed E-state index contributed by atoms with van der Waals surface area (Å²) in [5, 5.41) is 6.37. The molecule has 1 unspecified atom stereocenters. The fourth-order valence-electron chi connectivity index (χ4n) is 3.33. The summed E-state index contributed by atoms with van der Waals surface area (Å²) in [6.07, 6.45) is -0.404. The van der Waals surface area contributed by atoms with Gasteiger partial charge in [0.05, 0.1) is 13.7 Å². The number of urea groups is 1. The number of methoxy groups -OCH3 is 1. The van der Waals surface area contributed by atoms with Gasteiger partial charge in [0.25, 0.3) is 5.91 Å². The van der Waals surface area contributed by atoms with Crippen LogP contribution in [0.1, 0.15) is 10.4 Å². The lowest BCUT2D eigenvalue weighted by Gasteiger charge is -2.26. The van der Waals surface area contributed by atoms with Crippen molar-refractivity contribution in [2.24, 2.45) is 0 Å². The van der Waals surface area contributed by atoms with Crippen molar-refractivity contribution >= 4 is 28.7 Å². The van der Waals surface area contributed by atoms with Gasteiger partial charge in [-0.25, -0.2) is 9.59 Å². The third-order valence-electron chi connectivity index (χ3n) is 4.93. The zero-order valence-electron chi connectivity index (χ0n) is 17.8. The van der Waals surface area contributed by atoms with Gasteiger partial charge in [-0.15, -0.1) is 0 Å². The number of carbonyl (C=O) groups is 3. The number of fused-ring (bicyclic) bond motifs is 2. The van der Waals surface area contributed by atoms with E-state index in [1.807, 2.05) is 36.4 Å². The van der Waals surface area contributed by atoms with Crippen molar-refractivity contribution in [3.05, 3.63) is 66.2 Å². The van der Waals surface area contributed by atoms with Crippen LogP contribution in [0, 0.1) is 0 Å². The molecular formula is C24H22N2O7. The number of nitrogens with one attached hydrogen (secondary N) is 2. The van der Waals surface area contributed by atoms with Crippen molar-refractivity contribution in [3.63, 3.8) is 0 Å². The average molecular weight is 450 g/mol. The van der Waals surface area contributed by atoms with Crippen molar-refractivity contribution in [2.75, 3.05) is 26.9 Å². The SMILES string of the molecule is COc1cc2ccccc2cc1C(=O)OCC(=O)NC(=O)NCC1COc2ccccc2O1. The number of para-hydroxylation sites is 2. The minimum atomic E-state index is -0.772. The van der Waals surface area contributed by atoms with Crippen molar-refractivity contribution < 1.29 is 33.3 Å². The molecule has 9 heteroatoms. The lowest BCUT2D eigenvalue weighted by atomic mass is 10.1. The number of ether oxygens (including phenoxy) is 4. The van der Waals surface area contributed by atoms with Crippen LogP contribution in [0.2, 0.25) is 0 Å². The third kappa shape index (κ3) is 5.32. The van der Waals surface area contributed by atoms with Crippen molar-refractivity contribution in [3.8, 4) is 17.2 Å². The number of rotatable bonds is 6. The largest absolute Gasteiger partial charge is 0.496 e. The Bertz CT molecular complexity index is 1190. The van der Waals surface area contributed by atoms with Crippen LogP contribution in [-0.2, 0) is 9.53 Å². The van der Waals surface area contributed by atoms with Gasteiger partial charge in [0.2, 0.25) is 0 Å². The monoisotopic (exact) mass is 450 g/mol. The Morgan fingerprint density at radius 2 is 1.70 bits per heavy atom.